The van der Waals surface area contributed by atoms with Crippen molar-refractivity contribution in [2.45, 2.75) is 13.0 Å². The number of ether oxygens (including phenoxy) is 1. The number of methoxy groups -OCH3 is 1. The van der Waals surface area contributed by atoms with E-state index < -0.39 is 12.0 Å². The van der Waals surface area contributed by atoms with Gasteiger partial charge in [-0.2, -0.15) is 0 Å². The SMILES string of the molecule is COC(=O)C1=C(C)N=c2s/c(=C/c3ccoc3)c(=O)n2[C@H]1c1ccccc1. The van der Waals surface area contributed by atoms with E-state index in [1.54, 1.807) is 36.2 Å². The van der Waals surface area contributed by atoms with Crippen LogP contribution in [-0.2, 0) is 9.53 Å². The lowest BCUT2D eigenvalue weighted by Crippen LogP contribution is -2.39. The molecule has 0 radical (unpaired) electrons. The highest BCUT2D eigenvalue weighted by Gasteiger charge is 2.32. The number of hydrogen-bond acceptors (Lipinski definition) is 6. The number of rotatable bonds is 3. The van der Waals surface area contributed by atoms with Crippen molar-refractivity contribution in [2.75, 3.05) is 7.11 Å². The van der Waals surface area contributed by atoms with E-state index in [1.165, 1.54) is 18.4 Å². The number of benzene rings is 1. The Kier molecular flexibility index (Phi) is 4.37. The van der Waals surface area contributed by atoms with E-state index in [4.69, 9.17) is 9.15 Å². The summed E-state index contributed by atoms with van der Waals surface area (Å²) in [5, 5.41) is 0. The van der Waals surface area contributed by atoms with Crippen molar-refractivity contribution >= 4 is 23.4 Å². The number of esters is 1. The second-order valence-electron chi connectivity index (χ2n) is 6.04. The predicted octanol–water partition coefficient (Wildman–Crippen LogP) is 2.00. The Morgan fingerprint density at radius 1 is 1.30 bits per heavy atom. The highest BCUT2D eigenvalue weighted by molar-refractivity contribution is 7.07. The van der Waals surface area contributed by atoms with E-state index in [9.17, 15) is 9.59 Å². The van der Waals surface area contributed by atoms with Crippen molar-refractivity contribution in [3.05, 3.63) is 91.0 Å². The van der Waals surface area contributed by atoms with Crippen LogP contribution in [0.15, 0.2) is 74.4 Å². The van der Waals surface area contributed by atoms with Crippen molar-refractivity contribution < 1.29 is 13.9 Å². The number of furan rings is 1. The van der Waals surface area contributed by atoms with Crippen LogP contribution in [0, 0.1) is 0 Å². The first-order chi connectivity index (χ1) is 13.1. The van der Waals surface area contributed by atoms with Crippen LogP contribution < -0.4 is 14.9 Å². The Bertz CT molecular complexity index is 1200. The maximum Gasteiger partial charge on any atom is 0.338 e. The molecule has 0 amide bonds. The van der Waals surface area contributed by atoms with Crippen molar-refractivity contribution in [3.63, 3.8) is 0 Å². The fourth-order valence-corrected chi connectivity index (χ4v) is 4.20. The highest BCUT2D eigenvalue weighted by Crippen LogP contribution is 2.30. The molecule has 0 saturated carbocycles. The van der Waals surface area contributed by atoms with Gasteiger partial charge in [-0.25, -0.2) is 9.79 Å². The van der Waals surface area contributed by atoms with E-state index in [-0.39, 0.29) is 5.56 Å². The van der Waals surface area contributed by atoms with Gasteiger partial charge in [0, 0.05) is 5.56 Å². The summed E-state index contributed by atoms with van der Waals surface area (Å²) >= 11 is 1.28. The van der Waals surface area contributed by atoms with Crippen molar-refractivity contribution in [1.82, 2.24) is 4.57 Å². The molecule has 2 aromatic heterocycles. The van der Waals surface area contributed by atoms with Gasteiger partial charge in [-0.05, 0) is 24.6 Å². The second-order valence-corrected chi connectivity index (χ2v) is 7.05. The fraction of sp³-hybridized carbons (Fsp3) is 0.150. The largest absolute Gasteiger partial charge is 0.472 e. The molecule has 1 atom stereocenters. The highest BCUT2D eigenvalue weighted by atomic mass is 32.1. The van der Waals surface area contributed by atoms with Gasteiger partial charge in [0.2, 0.25) is 0 Å². The van der Waals surface area contributed by atoms with Crippen molar-refractivity contribution in [3.8, 4) is 0 Å². The van der Waals surface area contributed by atoms with Gasteiger partial charge >= 0.3 is 5.97 Å². The van der Waals surface area contributed by atoms with Crippen LogP contribution in [0.5, 0.6) is 0 Å². The van der Waals surface area contributed by atoms with Gasteiger partial charge in [0.15, 0.2) is 4.80 Å². The second kappa shape index (κ2) is 6.85. The summed E-state index contributed by atoms with van der Waals surface area (Å²) in [7, 11) is 1.33. The lowest BCUT2D eigenvalue weighted by Gasteiger charge is -2.24. The third-order valence-electron chi connectivity index (χ3n) is 4.38. The van der Waals surface area contributed by atoms with Crippen LogP contribution in [0.2, 0.25) is 0 Å². The van der Waals surface area contributed by atoms with Gasteiger partial charge in [0.25, 0.3) is 5.56 Å². The molecule has 27 heavy (non-hydrogen) atoms. The zero-order chi connectivity index (χ0) is 19.0. The number of allylic oxidation sites excluding steroid dienone is 1. The van der Waals surface area contributed by atoms with Crippen LogP contribution in [0.1, 0.15) is 24.1 Å². The number of fused-ring (bicyclic) bond motifs is 1. The molecule has 0 N–H and O–H groups in total. The lowest BCUT2D eigenvalue weighted by molar-refractivity contribution is -0.136. The van der Waals surface area contributed by atoms with Crippen LogP contribution in [0.3, 0.4) is 0 Å². The molecular formula is C20H16N2O4S. The molecule has 3 heterocycles. The van der Waals surface area contributed by atoms with Gasteiger partial charge in [0.1, 0.15) is 0 Å². The molecule has 0 spiro atoms. The van der Waals surface area contributed by atoms with E-state index in [2.05, 4.69) is 4.99 Å². The van der Waals surface area contributed by atoms with Crippen molar-refractivity contribution in [2.24, 2.45) is 4.99 Å². The van der Waals surface area contributed by atoms with Crippen LogP contribution in [0.25, 0.3) is 6.08 Å². The fourth-order valence-electron chi connectivity index (χ4n) is 3.15. The van der Waals surface area contributed by atoms with Gasteiger partial charge in [-0.3, -0.25) is 9.36 Å². The smallest absolute Gasteiger partial charge is 0.338 e. The summed E-state index contributed by atoms with van der Waals surface area (Å²) in [6, 6.07) is 10.6. The maximum absolute atomic E-state index is 13.2. The van der Waals surface area contributed by atoms with E-state index in [0.717, 1.165) is 11.1 Å². The average molecular weight is 380 g/mol. The monoisotopic (exact) mass is 380 g/mol. The number of aromatic nitrogens is 1. The number of carbonyl (C=O) groups is 1. The third kappa shape index (κ3) is 2.96. The Morgan fingerprint density at radius 2 is 2.07 bits per heavy atom. The summed E-state index contributed by atoms with van der Waals surface area (Å²) in [5.74, 6) is -0.491. The van der Waals surface area contributed by atoms with Gasteiger partial charge in [-0.15, -0.1) is 0 Å². The van der Waals surface area contributed by atoms with Crippen LogP contribution >= 0.6 is 11.3 Å². The zero-order valence-corrected chi connectivity index (χ0v) is 15.5. The molecule has 0 aliphatic carbocycles. The molecular weight excluding hydrogens is 364 g/mol. The average Bonchev–Trinajstić information content (AvgIpc) is 3.29. The van der Waals surface area contributed by atoms with Crippen LogP contribution in [-0.4, -0.2) is 17.6 Å². The van der Waals surface area contributed by atoms with E-state index >= 15 is 0 Å². The minimum atomic E-state index is -0.582. The Labute approximate surface area is 158 Å². The molecule has 7 heteroatoms. The predicted molar refractivity (Wildman–Crippen MR) is 101 cm³/mol. The Balaban J connectivity index is 2.00. The first-order valence-electron chi connectivity index (χ1n) is 8.28. The molecule has 1 aromatic carbocycles. The summed E-state index contributed by atoms with van der Waals surface area (Å²) in [6.07, 6.45) is 4.87. The van der Waals surface area contributed by atoms with E-state index in [0.29, 0.717) is 20.6 Å². The maximum atomic E-state index is 13.2. The molecule has 0 saturated heterocycles. The first kappa shape index (κ1) is 17.2. The third-order valence-corrected chi connectivity index (χ3v) is 5.37. The normalized spacial score (nSPS) is 16.8. The topological polar surface area (TPSA) is 73.8 Å². The lowest BCUT2D eigenvalue weighted by atomic mass is 9.96. The molecule has 0 bridgehead atoms. The molecule has 136 valence electrons. The van der Waals surface area contributed by atoms with Gasteiger partial charge in [-0.1, -0.05) is 41.7 Å². The summed E-state index contributed by atoms with van der Waals surface area (Å²) in [5.41, 5.74) is 2.32. The number of nitrogens with zero attached hydrogens (tertiary/aromatic N) is 2. The molecule has 3 aromatic rings. The summed E-state index contributed by atoms with van der Waals surface area (Å²) < 4.78 is 12.1. The Hall–Kier alpha value is -3.19. The van der Waals surface area contributed by atoms with Gasteiger partial charge in [0.05, 0.1) is 41.5 Å². The summed E-state index contributed by atoms with van der Waals surface area (Å²) in [6.45, 7) is 1.76. The number of carbonyl (C=O) groups excluding carboxylic acids is 1. The quantitative estimate of drug-likeness (QED) is 0.652. The number of thiazole rings is 1. The zero-order valence-electron chi connectivity index (χ0n) is 14.7. The van der Waals surface area contributed by atoms with Crippen molar-refractivity contribution in [1.29, 1.82) is 0 Å². The van der Waals surface area contributed by atoms with Gasteiger partial charge < -0.3 is 9.15 Å². The number of hydrogen-bond donors (Lipinski definition) is 0. The summed E-state index contributed by atoms with van der Waals surface area (Å²) in [4.78, 5) is 30.7. The van der Waals surface area contributed by atoms with E-state index in [1.807, 2.05) is 30.3 Å². The van der Waals surface area contributed by atoms with Crippen LogP contribution in [0.4, 0.5) is 0 Å². The standard InChI is InChI=1S/C20H16N2O4S/c1-12-16(19(24)25-2)17(14-6-4-3-5-7-14)22-18(23)15(27-20(22)21-12)10-13-8-9-26-11-13/h3-11,17H,1-2H3/b15-10+/t17-/m0/s1. The minimum Gasteiger partial charge on any atom is -0.472 e. The molecule has 0 fully saturated rings. The molecule has 6 nitrogen and oxygen atoms in total. The molecule has 4 rings (SSSR count). The molecule has 1 aliphatic heterocycles. The molecule has 0 unspecified atom stereocenters. The minimum absolute atomic E-state index is 0.206. The molecule has 1 aliphatic rings. The first-order valence-corrected chi connectivity index (χ1v) is 9.10. The Morgan fingerprint density at radius 3 is 2.74 bits per heavy atom.